The van der Waals surface area contributed by atoms with Crippen LogP contribution >= 0.6 is 0 Å². The van der Waals surface area contributed by atoms with Crippen LogP contribution in [-0.4, -0.2) is 51.2 Å². The minimum absolute atomic E-state index is 0.0691. The van der Waals surface area contributed by atoms with Gasteiger partial charge in [0, 0.05) is 6.54 Å². The zero-order valence-electron chi connectivity index (χ0n) is 21.8. The number of carbonyl (C=O) groups excluding carboxylic acids is 1. The van der Waals surface area contributed by atoms with Crippen molar-refractivity contribution in [2.75, 3.05) is 45.4 Å². The molecular weight excluding hydrogens is 450 g/mol. The molecule has 3 aromatic carbocycles. The predicted octanol–water partition coefficient (Wildman–Crippen LogP) is 4.82. The lowest BCUT2D eigenvalue weighted by molar-refractivity contribution is -0.122. The Kier molecular flexibility index (Phi) is 8.28. The molecule has 0 spiro atoms. The number of ether oxygens (including phenoxy) is 2. The molecule has 6 nitrogen and oxygen atoms in total. The molecular formula is C30H37N3O3. The highest BCUT2D eigenvalue weighted by molar-refractivity contribution is 6.09. The smallest absolute Gasteiger partial charge is 0.256 e. The summed E-state index contributed by atoms with van der Waals surface area (Å²) in [6, 6.07) is 24.3. The van der Waals surface area contributed by atoms with E-state index in [9.17, 15) is 4.79 Å². The first-order valence-electron chi connectivity index (χ1n) is 12.8. The summed E-state index contributed by atoms with van der Waals surface area (Å²) >= 11 is 0. The number of carbonyl (C=O) groups is 1. The van der Waals surface area contributed by atoms with Crippen LogP contribution in [0.3, 0.4) is 0 Å². The van der Waals surface area contributed by atoms with Crippen LogP contribution in [0.4, 0.5) is 5.69 Å². The van der Waals surface area contributed by atoms with Crippen molar-refractivity contribution in [3.8, 4) is 11.5 Å². The van der Waals surface area contributed by atoms with Crippen LogP contribution in [0.5, 0.6) is 11.5 Å². The quantitative estimate of drug-likeness (QED) is 0.397. The Morgan fingerprint density at radius 2 is 1.61 bits per heavy atom. The lowest BCUT2D eigenvalue weighted by atomic mass is 9.72. The first-order valence-corrected chi connectivity index (χ1v) is 12.8. The van der Waals surface area contributed by atoms with Crippen molar-refractivity contribution in [2.24, 2.45) is 0 Å². The van der Waals surface area contributed by atoms with E-state index < -0.39 is 5.41 Å². The Hall–Kier alpha value is -3.35. The van der Waals surface area contributed by atoms with Gasteiger partial charge in [0.15, 0.2) is 11.5 Å². The summed E-state index contributed by atoms with van der Waals surface area (Å²) < 4.78 is 11.0. The molecule has 1 N–H and O–H groups in total. The Labute approximate surface area is 214 Å². The number of anilines is 1. The zero-order valence-corrected chi connectivity index (χ0v) is 21.8. The summed E-state index contributed by atoms with van der Waals surface area (Å²) in [6.07, 6.45) is 1.40. The minimum atomic E-state index is -0.735. The van der Waals surface area contributed by atoms with Gasteiger partial charge < -0.3 is 14.4 Å². The lowest BCUT2D eigenvalue weighted by Gasteiger charge is -2.32. The summed E-state index contributed by atoms with van der Waals surface area (Å²) in [4.78, 5) is 16.7. The molecule has 6 heteroatoms. The third kappa shape index (κ3) is 4.71. The number of hydrogen-bond donors (Lipinski definition) is 1. The number of benzene rings is 3. The molecule has 1 amide bonds. The van der Waals surface area contributed by atoms with Crippen molar-refractivity contribution >= 4 is 11.6 Å². The van der Waals surface area contributed by atoms with E-state index in [0.29, 0.717) is 18.7 Å². The van der Waals surface area contributed by atoms with Gasteiger partial charge in [-0.25, -0.2) is 10.4 Å². The lowest BCUT2D eigenvalue weighted by Crippen LogP contribution is -2.49. The van der Waals surface area contributed by atoms with Gasteiger partial charge in [0.05, 0.1) is 19.9 Å². The van der Waals surface area contributed by atoms with Crippen LogP contribution in [0.1, 0.15) is 37.0 Å². The predicted molar refractivity (Wildman–Crippen MR) is 145 cm³/mol. The number of nitrogens with zero attached hydrogens (tertiary/aromatic N) is 2. The van der Waals surface area contributed by atoms with Crippen molar-refractivity contribution in [3.63, 3.8) is 0 Å². The van der Waals surface area contributed by atoms with Crippen molar-refractivity contribution in [1.82, 2.24) is 10.3 Å². The van der Waals surface area contributed by atoms with E-state index in [2.05, 4.69) is 42.4 Å². The highest BCUT2D eigenvalue weighted by Crippen LogP contribution is 2.47. The van der Waals surface area contributed by atoms with Gasteiger partial charge in [-0.15, -0.1) is 0 Å². The van der Waals surface area contributed by atoms with Gasteiger partial charge in [-0.2, -0.15) is 0 Å². The molecule has 0 bridgehead atoms. The molecule has 0 radical (unpaired) electrons. The fourth-order valence-corrected chi connectivity index (χ4v) is 5.31. The topological polar surface area (TPSA) is 54.0 Å². The zero-order chi connectivity index (χ0) is 25.5. The largest absolute Gasteiger partial charge is 0.493 e. The van der Waals surface area contributed by atoms with E-state index in [1.165, 1.54) is 0 Å². The number of para-hydroxylation sites is 2. The third-order valence-corrected chi connectivity index (χ3v) is 7.29. The molecule has 0 saturated carbocycles. The molecule has 1 aliphatic heterocycles. The molecule has 4 rings (SSSR count). The molecule has 1 unspecified atom stereocenters. The maximum absolute atomic E-state index is 14.3. The summed E-state index contributed by atoms with van der Waals surface area (Å²) in [5.41, 5.74) is 6.74. The van der Waals surface area contributed by atoms with Crippen LogP contribution in [0.15, 0.2) is 72.8 Å². The fourth-order valence-electron chi connectivity index (χ4n) is 5.31. The van der Waals surface area contributed by atoms with Crippen molar-refractivity contribution in [1.29, 1.82) is 0 Å². The normalized spacial score (nSPS) is 16.9. The molecule has 1 atom stereocenters. The number of methoxy groups -OCH3 is 2. The Morgan fingerprint density at radius 3 is 2.31 bits per heavy atom. The molecule has 190 valence electrons. The van der Waals surface area contributed by atoms with Crippen molar-refractivity contribution in [3.05, 3.63) is 89.5 Å². The van der Waals surface area contributed by atoms with E-state index in [1.54, 1.807) is 19.2 Å². The summed E-state index contributed by atoms with van der Waals surface area (Å²) in [6.45, 7) is 7.68. The molecule has 36 heavy (non-hydrogen) atoms. The third-order valence-electron chi connectivity index (χ3n) is 7.29. The molecule has 1 heterocycles. The maximum atomic E-state index is 14.3. The highest BCUT2D eigenvalue weighted by atomic mass is 16.5. The number of rotatable bonds is 12. The maximum Gasteiger partial charge on any atom is 0.256 e. The highest BCUT2D eigenvalue weighted by Gasteiger charge is 2.51. The number of nitrogens with one attached hydrogen (secondary N) is 1. The molecule has 0 fully saturated rings. The summed E-state index contributed by atoms with van der Waals surface area (Å²) in [5.74, 6) is 1.50. The second-order valence-corrected chi connectivity index (χ2v) is 9.02. The standard InChI is InChI=1S/C30H37N3O3/c1-5-32(6-2)22-20-30(24-14-8-7-9-15-24)25-16-10-11-17-26(25)33(29(30)34)31-21-19-23-13-12-18-27(35-3)28(23)36-4/h7-18,31H,5-6,19-22H2,1-4H3. The van der Waals surface area contributed by atoms with Crippen molar-refractivity contribution < 1.29 is 14.3 Å². The summed E-state index contributed by atoms with van der Waals surface area (Å²) in [7, 11) is 3.29. The number of amides is 1. The van der Waals surface area contributed by atoms with Crippen molar-refractivity contribution in [2.45, 2.75) is 32.1 Å². The molecule has 0 saturated heterocycles. The Balaban J connectivity index is 1.65. The van der Waals surface area contributed by atoms with Gasteiger partial charge in [-0.1, -0.05) is 74.5 Å². The fraction of sp³-hybridized carbons (Fsp3) is 0.367. The van der Waals surface area contributed by atoms with Crippen LogP contribution < -0.4 is 19.9 Å². The number of fused-ring (bicyclic) bond motifs is 1. The van der Waals surface area contributed by atoms with Gasteiger partial charge in [-0.05, 0) is 61.3 Å². The molecule has 1 aliphatic rings. The second kappa shape index (κ2) is 11.6. The van der Waals surface area contributed by atoms with Gasteiger partial charge >= 0.3 is 0 Å². The van der Waals surface area contributed by atoms with E-state index in [4.69, 9.17) is 9.47 Å². The number of hydrogen-bond acceptors (Lipinski definition) is 5. The Morgan fingerprint density at radius 1 is 0.889 bits per heavy atom. The monoisotopic (exact) mass is 487 g/mol. The minimum Gasteiger partial charge on any atom is -0.493 e. The van der Waals surface area contributed by atoms with Gasteiger partial charge in [0.1, 0.15) is 5.41 Å². The van der Waals surface area contributed by atoms with E-state index >= 15 is 0 Å². The molecule has 0 aromatic heterocycles. The SMILES string of the molecule is CCN(CC)CCC1(c2ccccc2)C(=O)N(NCCc2cccc(OC)c2OC)c2ccccc21. The second-order valence-electron chi connectivity index (χ2n) is 9.02. The van der Waals surface area contributed by atoms with E-state index in [0.717, 1.165) is 54.2 Å². The molecule has 0 aliphatic carbocycles. The van der Waals surface area contributed by atoms with Gasteiger partial charge in [-0.3, -0.25) is 4.79 Å². The Bertz CT molecular complexity index is 1160. The van der Waals surface area contributed by atoms with Crippen LogP contribution in [0.2, 0.25) is 0 Å². The van der Waals surface area contributed by atoms with Gasteiger partial charge in [0.25, 0.3) is 5.91 Å². The first-order chi connectivity index (χ1) is 17.6. The first kappa shape index (κ1) is 25.7. The van der Waals surface area contributed by atoms with E-state index in [-0.39, 0.29) is 5.91 Å². The average Bonchev–Trinajstić information content (AvgIpc) is 3.17. The van der Waals surface area contributed by atoms with Crippen LogP contribution in [0.25, 0.3) is 0 Å². The van der Waals surface area contributed by atoms with Gasteiger partial charge in [0.2, 0.25) is 0 Å². The van der Waals surface area contributed by atoms with Crippen LogP contribution in [0, 0.1) is 0 Å². The average molecular weight is 488 g/mol. The summed E-state index contributed by atoms with van der Waals surface area (Å²) in [5, 5.41) is 1.76. The molecule has 3 aromatic rings. The van der Waals surface area contributed by atoms with Crippen LogP contribution in [-0.2, 0) is 16.6 Å². The van der Waals surface area contributed by atoms with E-state index in [1.807, 2.05) is 54.6 Å². The number of hydrazine groups is 1.